The molecule has 0 radical (unpaired) electrons. The Morgan fingerprint density at radius 2 is 1.00 bits per heavy atom. The van der Waals surface area contributed by atoms with Gasteiger partial charge in [-0.25, -0.2) is 0 Å². The number of hydrogen-bond donors (Lipinski definition) is 0. The van der Waals surface area contributed by atoms with Crippen LogP contribution in [0, 0.1) is 0 Å². The minimum absolute atomic E-state index is 0.0577. The highest BCUT2D eigenvalue weighted by molar-refractivity contribution is 6.23. The van der Waals surface area contributed by atoms with Crippen molar-refractivity contribution in [2.24, 2.45) is 0 Å². The third kappa shape index (κ3) is 2.73. The molecule has 0 saturated carbocycles. The van der Waals surface area contributed by atoms with Crippen LogP contribution in [0.15, 0.2) is 121 Å². The van der Waals surface area contributed by atoms with E-state index in [2.05, 4.69) is 135 Å². The first-order valence-corrected chi connectivity index (χ1v) is 13.1. The Bertz CT molecular complexity index is 2060. The van der Waals surface area contributed by atoms with Crippen LogP contribution in [-0.4, -0.2) is 0 Å². The minimum atomic E-state index is -0.0577. The molecule has 0 nitrogen and oxygen atoms in total. The summed E-state index contributed by atoms with van der Waals surface area (Å²) in [5, 5.41) is 10.5. The van der Waals surface area contributed by atoms with E-state index in [-0.39, 0.29) is 5.41 Å². The van der Waals surface area contributed by atoms with E-state index in [9.17, 15) is 0 Å². The molecule has 0 fully saturated rings. The fraction of sp³-hybridized carbons (Fsp3) is 0.0811. The fourth-order valence-corrected chi connectivity index (χ4v) is 6.87. The highest BCUT2D eigenvalue weighted by Gasteiger charge is 2.37. The fourth-order valence-electron chi connectivity index (χ4n) is 6.87. The molecule has 0 amide bonds. The molecule has 8 rings (SSSR count). The molecule has 7 aromatic carbocycles. The second-order valence-corrected chi connectivity index (χ2v) is 10.9. The summed E-state index contributed by atoms with van der Waals surface area (Å²) in [5.74, 6) is 0. The van der Waals surface area contributed by atoms with Gasteiger partial charge in [-0.2, -0.15) is 0 Å². The lowest BCUT2D eigenvalue weighted by atomic mass is 9.79. The van der Waals surface area contributed by atoms with Gasteiger partial charge in [0.05, 0.1) is 0 Å². The van der Waals surface area contributed by atoms with E-state index in [1.54, 1.807) is 0 Å². The van der Waals surface area contributed by atoms with Gasteiger partial charge in [-0.15, -0.1) is 0 Å². The first-order chi connectivity index (χ1) is 18.1. The summed E-state index contributed by atoms with van der Waals surface area (Å²) in [6.07, 6.45) is 0. The van der Waals surface area contributed by atoms with Crippen molar-refractivity contribution in [1.82, 2.24) is 0 Å². The van der Waals surface area contributed by atoms with E-state index >= 15 is 0 Å². The zero-order chi connectivity index (χ0) is 24.7. The van der Waals surface area contributed by atoms with Crippen molar-refractivity contribution >= 4 is 43.1 Å². The highest BCUT2D eigenvalue weighted by atomic mass is 14.4. The molecule has 0 saturated heterocycles. The molecule has 7 aromatic rings. The van der Waals surface area contributed by atoms with Crippen LogP contribution < -0.4 is 0 Å². The molecule has 0 spiro atoms. The van der Waals surface area contributed by atoms with Crippen molar-refractivity contribution in [3.05, 3.63) is 132 Å². The standard InChI is InChI=1S/C37H26/c1-37(2)33-18-10-9-17-30(33)36-28-16-8-7-15-27(28)32(22-34(36)37)35-26-14-6-4-12-24(26)21-31-25-13-5-3-11-23(25)19-20-29(31)35/h3-22H,1-2H3. The summed E-state index contributed by atoms with van der Waals surface area (Å²) in [5.41, 5.74) is 8.22. The van der Waals surface area contributed by atoms with Crippen molar-refractivity contribution in [2.45, 2.75) is 19.3 Å². The number of hydrogen-bond acceptors (Lipinski definition) is 0. The molecule has 0 bridgehead atoms. The molecule has 0 N–H and O–H groups in total. The third-order valence-corrected chi connectivity index (χ3v) is 8.63. The van der Waals surface area contributed by atoms with Gasteiger partial charge in [-0.05, 0) is 88.6 Å². The quantitative estimate of drug-likeness (QED) is 0.165. The predicted octanol–water partition coefficient (Wildman–Crippen LogP) is 10.3. The largest absolute Gasteiger partial charge is 0.0619 e. The van der Waals surface area contributed by atoms with E-state index in [1.807, 2.05) is 0 Å². The monoisotopic (exact) mass is 470 g/mol. The van der Waals surface area contributed by atoms with Gasteiger partial charge in [0.25, 0.3) is 0 Å². The number of fused-ring (bicyclic) bond motifs is 9. The average Bonchev–Trinajstić information content (AvgIpc) is 3.18. The van der Waals surface area contributed by atoms with Crippen LogP contribution in [0.25, 0.3) is 65.3 Å². The van der Waals surface area contributed by atoms with Gasteiger partial charge in [-0.3, -0.25) is 0 Å². The summed E-state index contributed by atoms with van der Waals surface area (Å²) < 4.78 is 0. The van der Waals surface area contributed by atoms with Crippen molar-refractivity contribution in [1.29, 1.82) is 0 Å². The lowest BCUT2D eigenvalue weighted by molar-refractivity contribution is 0.661. The van der Waals surface area contributed by atoms with Gasteiger partial charge in [0.2, 0.25) is 0 Å². The summed E-state index contributed by atoms with van der Waals surface area (Å²) in [7, 11) is 0. The maximum absolute atomic E-state index is 2.51. The van der Waals surface area contributed by atoms with Gasteiger partial charge in [0.15, 0.2) is 0 Å². The SMILES string of the molecule is CC1(C)c2ccccc2-c2c1cc(-c1c3ccccc3cc3c1ccc1ccccc13)c1ccccc21. The zero-order valence-electron chi connectivity index (χ0n) is 21.0. The highest BCUT2D eigenvalue weighted by Crippen LogP contribution is 2.54. The molecular weight excluding hydrogens is 444 g/mol. The Balaban J connectivity index is 1.59. The normalized spacial score (nSPS) is 13.9. The maximum Gasteiger partial charge on any atom is 0.0159 e. The average molecular weight is 471 g/mol. The molecule has 0 atom stereocenters. The van der Waals surface area contributed by atoms with Crippen LogP contribution in [-0.2, 0) is 5.41 Å². The first-order valence-electron chi connectivity index (χ1n) is 13.1. The maximum atomic E-state index is 2.51. The van der Waals surface area contributed by atoms with Crippen molar-refractivity contribution < 1.29 is 0 Å². The molecule has 0 aromatic heterocycles. The van der Waals surface area contributed by atoms with E-state index < -0.39 is 0 Å². The molecule has 0 aliphatic heterocycles. The van der Waals surface area contributed by atoms with Gasteiger partial charge in [-0.1, -0.05) is 123 Å². The van der Waals surface area contributed by atoms with Crippen LogP contribution in [0.4, 0.5) is 0 Å². The van der Waals surface area contributed by atoms with Crippen LogP contribution >= 0.6 is 0 Å². The van der Waals surface area contributed by atoms with Crippen LogP contribution in [0.5, 0.6) is 0 Å². The van der Waals surface area contributed by atoms with Gasteiger partial charge >= 0.3 is 0 Å². The van der Waals surface area contributed by atoms with Gasteiger partial charge in [0, 0.05) is 5.41 Å². The smallest absolute Gasteiger partial charge is 0.0159 e. The molecule has 0 unspecified atom stereocenters. The molecular formula is C37H26. The first kappa shape index (κ1) is 20.7. The van der Waals surface area contributed by atoms with Crippen molar-refractivity contribution in [2.75, 3.05) is 0 Å². The lowest BCUT2D eigenvalue weighted by Crippen LogP contribution is -2.15. The Labute approximate surface area is 216 Å². The topological polar surface area (TPSA) is 0 Å². The van der Waals surface area contributed by atoms with Crippen LogP contribution in [0.1, 0.15) is 25.0 Å². The third-order valence-electron chi connectivity index (χ3n) is 8.63. The lowest BCUT2D eigenvalue weighted by Gasteiger charge is -2.24. The Kier molecular flexibility index (Phi) is 4.10. The molecule has 37 heavy (non-hydrogen) atoms. The minimum Gasteiger partial charge on any atom is -0.0619 e. The number of rotatable bonds is 1. The zero-order valence-corrected chi connectivity index (χ0v) is 21.0. The van der Waals surface area contributed by atoms with Gasteiger partial charge < -0.3 is 0 Å². The second-order valence-electron chi connectivity index (χ2n) is 10.9. The molecule has 0 heterocycles. The summed E-state index contributed by atoms with van der Waals surface area (Å²) in [6.45, 7) is 4.76. The summed E-state index contributed by atoms with van der Waals surface area (Å²) in [4.78, 5) is 0. The summed E-state index contributed by atoms with van der Waals surface area (Å²) >= 11 is 0. The Morgan fingerprint density at radius 3 is 1.84 bits per heavy atom. The molecule has 1 aliphatic rings. The summed E-state index contributed by atoms with van der Waals surface area (Å²) in [6, 6.07) is 45.1. The van der Waals surface area contributed by atoms with Crippen LogP contribution in [0.2, 0.25) is 0 Å². The molecule has 0 heteroatoms. The second kappa shape index (κ2) is 7.31. The molecule has 174 valence electrons. The van der Waals surface area contributed by atoms with Gasteiger partial charge in [0.1, 0.15) is 0 Å². The van der Waals surface area contributed by atoms with E-state index in [1.165, 1.54) is 76.5 Å². The van der Waals surface area contributed by atoms with E-state index in [0.29, 0.717) is 0 Å². The van der Waals surface area contributed by atoms with Crippen molar-refractivity contribution in [3.63, 3.8) is 0 Å². The predicted molar refractivity (Wildman–Crippen MR) is 159 cm³/mol. The van der Waals surface area contributed by atoms with Crippen LogP contribution in [0.3, 0.4) is 0 Å². The molecule has 1 aliphatic carbocycles. The van der Waals surface area contributed by atoms with Crippen molar-refractivity contribution in [3.8, 4) is 22.3 Å². The van der Waals surface area contributed by atoms with E-state index in [4.69, 9.17) is 0 Å². The Hall–Kier alpha value is -4.42. The number of benzene rings is 7. The Morgan fingerprint density at radius 1 is 0.378 bits per heavy atom. The van der Waals surface area contributed by atoms with E-state index in [0.717, 1.165) is 0 Å².